The van der Waals surface area contributed by atoms with Gasteiger partial charge in [-0.05, 0) is 42.5 Å². The molecule has 1 heterocycles. The summed E-state index contributed by atoms with van der Waals surface area (Å²) in [6.45, 7) is 2.70. The van der Waals surface area contributed by atoms with Gasteiger partial charge in [-0.25, -0.2) is 8.42 Å². The summed E-state index contributed by atoms with van der Waals surface area (Å²) in [7, 11) is -2.25. The zero-order valence-corrected chi connectivity index (χ0v) is 19.4. The molecule has 0 aliphatic carbocycles. The Bertz CT molecular complexity index is 1070. The maximum absolute atomic E-state index is 12.9. The van der Waals surface area contributed by atoms with Crippen LogP contribution in [0.1, 0.15) is 6.92 Å². The Kier molecular flexibility index (Phi) is 8.13. The van der Waals surface area contributed by atoms with Crippen LogP contribution in [0.4, 0.5) is 11.4 Å². The van der Waals surface area contributed by atoms with Crippen molar-refractivity contribution in [2.24, 2.45) is 0 Å². The van der Waals surface area contributed by atoms with Crippen LogP contribution >= 0.6 is 11.8 Å². The van der Waals surface area contributed by atoms with Gasteiger partial charge in [-0.1, -0.05) is 0 Å². The van der Waals surface area contributed by atoms with Crippen LogP contribution in [0.5, 0.6) is 5.75 Å². The molecule has 11 heteroatoms. The predicted molar refractivity (Wildman–Crippen MR) is 123 cm³/mol. The number of hydrogen-bond acceptors (Lipinski definition) is 7. The fraction of sp³-hybridized carbons (Fsp3) is 0.333. The highest BCUT2D eigenvalue weighted by atomic mass is 32.2. The third-order valence-electron chi connectivity index (χ3n) is 4.60. The van der Waals surface area contributed by atoms with Crippen LogP contribution in [0, 0.1) is 0 Å². The summed E-state index contributed by atoms with van der Waals surface area (Å²) in [5.74, 6) is 0.0176. The van der Waals surface area contributed by atoms with Crippen LogP contribution < -0.4 is 15.4 Å². The van der Waals surface area contributed by atoms with Crippen LogP contribution in [0.15, 0.2) is 52.3 Å². The second-order valence-corrected chi connectivity index (χ2v) is 9.91. The molecule has 0 bridgehead atoms. The SMILES string of the molecule is COc1ccc(S(=O)(=O)N2CCOCC2)cc1NC(=O)CSc1ccc(NC(C)=O)cc1. The Morgan fingerprint density at radius 3 is 2.41 bits per heavy atom. The van der Waals surface area contributed by atoms with Gasteiger partial charge in [0.05, 0.1) is 36.7 Å². The molecule has 0 atom stereocenters. The number of anilines is 2. The highest BCUT2D eigenvalue weighted by Crippen LogP contribution is 2.30. The fourth-order valence-electron chi connectivity index (χ4n) is 3.05. The molecule has 0 aromatic heterocycles. The Balaban J connectivity index is 1.67. The number of sulfonamides is 1. The maximum atomic E-state index is 12.9. The Morgan fingerprint density at radius 2 is 1.78 bits per heavy atom. The van der Waals surface area contributed by atoms with Gasteiger partial charge >= 0.3 is 0 Å². The molecule has 2 aromatic carbocycles. The summed E-state index contributed by atoms with van der Waals surface area (Å²) in [5.41, 5.74) is 0.961. The lowest BCUT2D eigenvalue weighted by atomic mass is 10.3. The number of morpholine rings is 1. The summed E-state index contributed by atoms with van der Waals surface area (Å²) in [6, 6.07) is 11.5. The number of carbonyl (C=O) groups is 2. The van der Waals surface area contributed by atoms with E-state index in [1.807, 2.05) is 0 Å². The zero-order valence-electron chi connectivity index (χ0n) is 17.8. The van der Waals surface area contributed by atoms with Gasteiger partial charge in [-0.15, -0.1) is 11.8 Å². The first-order valence-corrected chi connectivity index (χ1v) is 12.3. The van der Waals surface area contributed by atoms with Gasteiger partial charge in [0.2, 0.25) is 21.8 Å². The van der Waals surface area contributed by atoms with E-state index in [1.165, 1.54) is 48.3 Å². The maximum Gasteiger partial charge on any atom is 0.243 e. The number of benzene rings is 2. The molecule has 1 saturated heterocycles. The molecule has 1 fully saturated rings. The molecule has 9 nitrogen and oxygen atoms in total. The van der Waals surface area contributed by atoms with Crippen LogP contribution in [0.2, 0.25) is 0 Å². The Labute approximate surface area is 191 Å². The van der Waals surface area contributed by atoms with Crippen molar-refractivity contribution in [3.8, 4) is 5.75 Å². The highest BCUT2D eigenvalue weighted by molar-refractivity contribution is 8.00. The van der Waals surface area contributed by atoms with Crippen molar-refractivity contribution < 1.29 is 27.5 Å². The second kappa shape index (κ2) is 10.8. The first-order chi connectivity index (χ1) is 15.3. The largest absolute Gasteiger partial charge is 0.495 e. The number of methoxy groups -OCH3 is 1. The molecule has 0 saturated carbocycles. The lowest BCUT2D eigenvalue weighted by molar-refractivity contribution is -0.114. The van der Waals surface area contributed by atoms with Crippen LogP contribution in [-0.2, 0) is 24.3 Å². The lowest BCUT2D eigenvalue weighted by Gasteiger charge is -2.26. The molecule has 2 N–H and O–H groups in total. The molecule has 0 spiro atoms. The van der Waals surface area contributed by atoms with E-state index in [0.29, 0.717) is 24.7 Å². The minimum atomic E-state index is -3.70. The fourth-order valence-corrected chi connectivity index (χ4v) is 5.19. The van der Waals surface area contributed by atoms with Gasteiger partial charge in [0.1, 0.15) is 5.75 Å². The van der Waals surface area contributed by atoms with Gasteiger partial charge < -0.3 is 20.1 Å². The minimum absolute atomic E-state index is 0.0803. The van der Waals surface area contributed by atoms with Gasteiger partial charge in [-0.3, -0.25) is 9.59 Å². The minimum Gasteiger partial charge on any atom is -0.495 e. The van der Waals surface area contributed by atoms with Crippen molar-refractivity contribution >= 4 is 45.0 Å². The van der Waals surface area contributed by atoms with Crippen molar-refractivity contribution in [2.45, 2.75) is 16.7 Å². The molecule has 32 heavy (non-hydrogen) atoms. The quantitative estimate of drug-likeness (QED) is 0.559. The Hall–Kier alpha value is -2.60. The van der Waals surface area contributed by atoms with E-state index >= 15 is 0 Å². The number of nitrogens with zero attached hydrogens (tertiary/aromatic N) is 1. The molecule has 0 radical (unpaired) electrons. The number of carbonyl (C=O) groups excluding carboxylic acids is 2. The van der Waals surface area contributed by atoms with E-state index < -0.39 is 10.0 Å². The monoisotopic (exact) mass is 479 g/mol. The summed E-state index contributed by atoms with van der Waals surface area (Å²) < 4.78 is 37.7. The smallest absolute Gasteiger partial charge is 0.243 e. The van der Waals surface area contributed by atoms with E-state index in [1.54, 1.807) is 24.3 Å². The normalized spacial score (nSPS) is 14.6. The molecule has 2 amide bonds. The van der Waals surface area contributed by atoms with E-state index in [4.69, 9.17) is 9.47 Å². The average Bonchev–Trinajstić information content (AvgIpc) is 2.79. The molecule has 1 aliphatic heterocycles. The number of hydrogen-bond donors (Lipinski definition) is 2. The third kappa shape index (κ3) is 6.22. The van der Waals surface area contributed by atoms with Crippen molar-refractivity contribution in [3.63, 3.8) is 0 Å². The molecular formula is C21H25N3O6S2. The number of amides is 2. The third-order valence-corrected chi connectivity index (χ3v) is 7.50. The lowest BCUT2D eigenvalue weighted by Crippen LogP contribution is -2.40. The second-order valence-electron chi connectivity index (χ2n) is 6.92. The van der Waals surface area contributed by atoms with Crippen LogP contribution in [0.3, 0.4) is 0 Å². The molecule has 172 valence electrons. The van der Waals surface area contributed by atoms with E-state index in [-0.39, 0.29) is 41.2 Å². The highest BCUT2D eigenvalue weighted by Gasteiger charge is 2.27. The number of ether oxygens (including phenoxy) is 2. The average molecular weight is 480 g/mol. The van der Waals surface area contributed by atoms with Gasteiger partial charge in [0.15, 0.2) is 0 Å². The van der Waals surface area contributed by atoms with Crippen molar-refractivity contribution in [1.82, 2.24) is 4.31 Å². The van der Waals surface area contributed by atoms with Crippen LogP contribution in [0.25, 0.3) is 0 Å². The van der Waals surface area contributed by atoms with Crippen molar-refractivity contribution in [1.29, 1.82) is 0 Å². The van der Waals surface area contributed by atoms with Crippen molar-refractivity contribution in [3.05, 3.63) is 42.5 Å². The van der Waals surface area contributed by atoms with Gasteiger partial charge in [0, 0.05) is 30.6 Å². The number of rotatable bonds is 8. The summed E-state index contributed by atoms with van der Waals surface area (Å²) in [5, 5.41) is 5.42. The van der Waals surface area contributed by atoms with Gasteiger partial charge in [0.25, 0.3) is 0 Å². The van der Waals surface area contributed by atoms with E-state index in [9.17, 15) is 18.0 Å². The summed E-state index contributed by atoms with van der Waals surface area (Å²) in [6.07, 6.45) is 0. The number of thioether (sulfide) groups is 1. The zero-order chi connectivity index (χ0) is 23.1. The first kappa shape index (κ1) is 24.1. The van der Waals surface area contributed by atoms with E-state index in [0.717, 1.165) is 4.90 Å². The summed E-state index contributed by atoms with van der Waals surface area (Å²) in [4.78, 5) is 24.5. The standard InChI is InChI=1S/C21H25N3O6S2/c1-15(25)22-16-3-5-17(6-4-16)31-14-21(26)23-19-13-18(7-8-20(19)29-2)32(27,28)24-9-11-30-12-10-24/h3-8,13H,9-12,14H2,1-2H3,(H,22,25)(H,23,26). The predicted octanol–water partition coefficient (Wildman–Crippen LogP) is 2.41. The number of nitrogens with one attached hydrogen (secondary N) is 2. The molecule has 2 aromatic rings. The molecule has 0 unspecified atom stereocenters. The first-order valence-electron chi connectivity index (χ1n) is 9.86. The van der Waals surface area contributed by atoms with Gasteiger partial charge in [-0.2, -0.15) is 4.31 Å². The molecule has 1 aliphatic rings. The molecular weight excluding hydrogens is 454 g/mol. The summed E-state index contributed by atoms with van der Waals surface area (Å²) >= 11 is 1.32. The van der Waals surface area contributed by atoms with Crippen LogP contribution in [-0.4, -0.2) is 63.7 Å². The van der Waals surface area contributed by atoms with E-state index in [2.05, 4.69) is 10.6 Å². The van der Waals surface area contributed by atoms with Crippen molar-refractivity contribution in [2.75, 3.05) is 49.8 Å². The molecule has 3 rings (SSSR count). The topological polar surface area (TPSA) is 114 Å². The Morgan fingerprint density at radius 1 is 1.09 bits per heavy atom.